The van der Waals surface area contributed by atoms with Crippen LogP contribution in [0.4, 0.5) is 8.78 Å². The monoisotopic (exact) mass is 274 g/mol. The van der Waals surface area contributed by atoms with E-state index in [2.05, 4.69) is 22.5 Å². The van der Waals surface area contributed by atoms with Crippen LogP contribution in [0.3, 0.4) is 0 Å². The van der Waals surface area contributed by atoms with Gasteiger partial charge in [0.15, 0.2) is 0 Å². The topological polar surface area (TPSA) is 0 Å². The Kier molecular flexibility index (Phi) is 4.03. The molecule has 0 aliphatic carbocycles. The second kappa shape index (κ2) is 4.88. The van der Waals surface area contributed by atoms with E-state index in [0.717, 1.165) is 6.07 Å². The normalized spacial score (nSPS) is 14.7. The van der Waals surface area contributed by atoms with Crippen molar-refractivity contribution in [3.05, 3.63) is 48.1 Å². The average molecular weight is 275 g/mol. The van der Waals surface area contributed by atoms with Crippen LogP contribution < -0.4 is 0 Å². The third-order valence-electron chi connectivity index (χ3n) is 2.33. The van der Waals surface area contributed by atoms with Crippen LogP contribution in [0.5, 0.6) is 0 Å². The van der Waals surface area contributed by atoms with Gasteiger partial charge < -0.3 is 0 Å². The summed E-state index contributed by atoms with van der Waals surface area (Å²) in [5.74, 6) is -1.07. The van der Waals surface area contributed by atoms with Gasteiger partial charge >= 0.3 is 0 Å². The molecule has 0 heterocycles. The predicted molar refractivity (Wildman–Crippen MR) is 62.2 cm³/mol. The van der Waals surface area contributed by atoms with Crippen LogP contribution in [0.2, 0.25) is 0 Å². The summed E-state index contributed by atoms with van der Waals surface area (Å²) in [6.45, 7) is 5.71. The van der Waals surface area contributed by atoms with Gasteiger partial charge in [0.1, 0.15) is 11.6 Å². The van der Waals surface area contributed by atoms with Crippen molar-refractivity contribution >= 4 is 15.9 Å². The van der Waals surface area contributed by atoms with Crippen molar-refractivity contribution in [3.63, 3.8) is 0 Å². The molecular formula is C12H13BrF2. The minimum Gasteiger partial charge on any atom is -0.207 e. The summed E-state index contributed by atoms with van der Waals surface area (Å²) in [7, 11) is 0. The van der Waals surface area contributed by atoms with Gasteiger partial charge in [-0.15, -0.1) is 6.58 Å². The van der Waals surface area contributed by atoms with Crippen LogP contribution in [-0.2, 0) is 6.42 Å². The number of alkyl halides is 1. The molecule has 0 spiro atoms. The van der Waals surface area contributed by atoms with Crippen molar-refractivity contribution in [2.24, 2.45) is 5.41 Å². The summed E-state index contributed by atoms with van der Waals surface area (Å²) >= 11 is 3.37. The third-order valence-corrected chi connectivity index (χ3v) is 3.61. The first-order chi connectivity index (χ1) is 6.99. The Morgan fingerprint density at radius 2 is 1.87 bits per heavy atom. The van der Waals surface area contributed by atoms with E-state index in [0.29, 0.717) is 17.3 Å². The Morgan fingerprint density at radius 1 is 1.33 bits per heavy atom. The van der Waals surface area contributed by atoms with Crippen LogP contribution in [-0.4, -0.2) is 5.33 Å². The van der Waals surface area contributed by atoms with Crippen LogP contribution in [0, 0.1) is 17.0 Å². The Hall–Kier alpha value is -0.700. The van der Waals surface area contributed by atoms with E-state index in [1.54, 1.807) is 6.08 Å². The van der Waals surface area contributed by atoms with Gasteiger partial charge in [-0.25, -0.2) is 8.78 Å². The van der Waals surface area contributed by atoms with Gasteiger partial charge in [-0.2, -0.15) is 0 Å². The van der Waals surface area contributed by atoms with Crippen molar-refractivity contribution in [2.45, 2.75) is 13.3 Å². The minimum atomic E-state index is -0.536. The molecule has 0 aliphatic heterocycles. The highest BCUT2D eigenvalue weighted by Gasteiger charge is 2.19. The summed E-state index contributed by atoms with van der Waals surface area (Å²) in [5, 5.41) is 0.710. The van der Waals surface area contributed by atoms with Crippen LogP contribution in [0.15, 0.2) is 30.9 Å². The van der Waals surface area contributed by atoms with Gasteiger partial charge in [-0.3, -0.25) is 0 Å². The van der Waals surface area contributed by atoms with E-state index < -0.39 is 11.6 Å². The van der Waals surface area contributed by atoms with E-state index in [1.165, 1.54) is 12.1 Å². The van der Waals surface area contributed by atoms with E-state index in [1.807, 2.05) is 6.92 Å². The van der Waals surface area contributed by atoms with E-state index in [4.69, 9.17) is 0 Å². The summed E-state index contributed by atoms with van der Waals surface area (Å²) < 4.78 is 25.9. The Morgan fingerprint density at radius 3 is 2.27 bits per heavy atom. The van der Waals surface area contributed by atoms with Crippen LogP contribution in [0.1, 0.15) is 12.5 Å². The highest BCUT2D eigenvalue weighted by molar-refractivity contribution is 9.09. The average Bonchev–Trinajstić information content (AvgIpc) is 2.16. The molecule has 0 aliphatic rings. The third kappa shape index (κ3) is 3.42. The van der Waals surface area contributed by atoms with Crippen molar-refractivity contribution in [2.75, 3.05) is 5.33 Å². The fourth-order valence-electron chi connectivity index (χ4n) is 1.35. The Labute approximate surface area is 97.1 Å². The number of halogens is 3. The zero-order valence-electron chi connectivity index (χ0n) is 8.56. The predicted octanol–water partition coefficient (Wildman–Crippen LogP) is 4.09. The molecule has 0 saturated carbocycles. The summed E-state index contributed by atoms with van der Waals surface area (Å²) in [6, 6.07) is 3.59. The minimum absolute atomic E-state index is 0.180. The molecule has 1 unspecified atom stereocenters. The highest BCUT2D eigenvalue weighted by atomic mass is 79.9. The molecule has 82 valence electrons. The van der Waals surface area contributed by atoms with Crippen molar-refractivity contribution in [1.82, 2.24) is 0 Å². The summed E-state index contributed by atoms with van der Waals surface area (Å²) in [4.78, 5) is 0. The molecular weight excluding hydrogens is 262 g/mol. The lowest BCUT2D eigenvalue weighted by Crippen LogP contribution is -2.18. The Balaban J connectivity index is 2.93. The first-order valence-electron chi connectivity index (χ1n) is 4.63. The zero-order valence-corrected chi connectivity index (χ0v) is 10.2. The number of rotatable bonds is 4. The summed E-state index contributed by atoms with van der Waals surface area (Å²) in [6.07, 6.45) is 2.36. The molecule has 0 fully saturated rings. The number of benzene rings is 1. The number of allylic oxidation sites excluding steroid dienone is 1. The molecule has 15 heavy (non-hydrogen) atoms. The van der Waals surface area contributed by atoms with E-state index in [-0.39, 0.29) is 5.41 Å². The maximum Gasteiger partial charge on any atom is 0.126 e. The molecule has 0 bridgehead atoms. The molecule has 1 rings (SSSR count). The quantitative estimate of drug-likeness (QED) is 0.573. The van der Waals surface area contributed by atoms with Crippen molar-refractivity contribution < 1.29 is 8.78 Å². The van der Waals surface area contributed by atoms with E-state index in [9.17, 15) is 8.78 Å². The molecule has 0 amide bonds. The smallest absolute Gasteiger partial charge is 0.126 e. The molecule has 0 N–H and O–H groups in total. The molecule has 1 aromatic carbocycles. The summed E-state index contributed by atoms with van der Waals surface area (Å²) in [5.41, 5.74) is 0.467. The van der Waals surface area contributed by atoms with Crippen LogP contribution in [0.25, 0.3) is 0 Å². The van der Waals surface area contributed by atoms with E-state index >= 15 is 0 Å². The van der Waals surface area contributed by atoms with Gasteiger partial charge in [0.25, 0.3) is 0 Å². The van der Waals surface area contributed by atoms with Gasteiger partial charge in [-0.05, 0) is 29.5 Å². The fraction of sp³-hybridized carbons (Fsp3) is 0.333. The number of hydrogen-bond acceptors (Lipinski definition) is 0. The van der Waals surface area contributed by atoms with Gasteiger partial charge in [0, 0.05) is 11.4 Å². The van der Waals surface area contributed by atoms with Crippen LogP contribution >= 0.6 is 15.9 Å². The molecule has 3 heteroatoms. The molecule has 0 radical (unpaired) electrons. The van der Waals surface area contributed by atoms with Crippen molar-refractivity contribution in [3.8, 4) is 0 Å². The van der Waals surface area contributed by atoms with Gasteiger partial charge in [0.05, 0.1) is 0 Å². The second-order valence-electron chi connectivity index (χ2n) is 3.95. The maximum absolute atomic E-state index is 12.9. The SMILES string of the molecule is C=CC(C)(CBr)Cc1cc(F)cc(F)c1. The first kappa shape index (κ1) is 12.4. The van der Waals surface area contributed by atoms with Gasteiger partial charge in [-0.1, -0.05) is 28.9 Å². The van der Waals surface area contributed by atoms with Gasteiger partial charge in [0.2, 0.25) is 0 Å². The largest absolute Gasteiger partial charge is 0.207 e. The molecule has 1 atom stereocenters. The first-order valence-corrected chi connectivity index (χ1v) is 5.76. The molecule has 0 nitrogen and oxygen atoms in total. The highest BCUT2D eigenvalue weighted by Crippen LogP contribution is 2.26. The fourth-order valence-corrected chi connectivity index (χ4v) is 1.78. The second-order valence-corrected chi connectivity index (χ2v) is 4.51. The zero-order chi connectivity index (χ0) is 11.5. The molecule has 1 aromatic rings. The Bertz CT molecular complexity index is 342. The van der Waals surface area contributed by atoms with Crippen molar-refractivity contribution in [1.29, 1.82) is 0 Å². The standard InChI is InChI=1S/C12H13BrF2/c1-3-12(2,8-13)7-9-4-10(14)6-11(15)5-9/h3-6H,1,7-8H2,2H3. The lowest BCUT2D eigenvalue weighted by atomic mass is 9.86. The maximum atomic E-state index is 12.9. The lowest BCUT2D eigenvalue weighted by Gasteiger charge is -2.22. The molecule has 0 aromatic heterocycles. The lowest BCUT2D eigenvalue weighted by molar-refractivity contribution is 0.488. The number of hydrogen-bond donors (Lipinski definition) is 0. The molecule has 0 saturated heterocycles.